The average molecular weight is 308 g/mol. The molecule has 2 N–H and O–H groups in total. The number of hydrogen-bond acceptors (Lipinski definition) is 2. The van der Waals surface area contributed by atoms with Gasteiger partial charge in [-0.1, -0.05) is 59.7 Å². The first kappa shape index (κ1) is 15.9. The summed E-state index contributed by atoms with van der Waals surface area (Å²) in [5, 5.41) is 9.44. The molecule has 0 bridgehead atoms. The molecule has 0 spiro atoms. The number of anilines is 1. The molecule has 1 aliphatic rings. The quantitative estimate of drug-likeness (QED) is 0.739. The van der Waals surface area contributed by atoms with Crippen molar-refractivity contribution < 1.29 is 0 Å². The SMILES string of the molecule is CNC1=Cc2cc(C(C)(C)C)cc3cc(C(C)(C)C)cc(c23)N1. The summed E-state index contributed by atoms with van der Waals surface area (Å²) in [6.45, 7) is 13.6. The van der Waals surface area contributed by atoms with Crippen LogP contribution in [0, 0.1) is 0 Å². The molecule has 0 radical (unpaired) electrons. The van der Waals surface area contributed by atoms with Crippen LogP contribution in [0.3, 0.4) is 0 Å². The Balaban J connectivity index is 2.36. The van der Waals surface area contributed by atoms with Crippen LogP contribution in [-0.2, 0) is 10.8 Å². The maximum absolute atomic E-state index is 3.53. The molecule has 23 heavy (non-hydrogen) atoms. The third-order valence-corrected chi connectivity index (χ3v) is 4.65. The molecule has 0 aliphatic carbocycles. The van der Waals surface area contributed by atoms with Crippen molar-refractivity contribution in [1.82, 2.24) is 5.32 Å². The summed E-state index contributed by atoms with van der Waals surface area (Å²) < 4.78 is 0. The minimum atomic E-state index is 0.130. The number of rotatable bonds is 1. The molecule has 2 aromatic carbocycles. The van der Waals surface area contributed by atoms with Crippen LogP contribution in [0.15, 0.2) is 30.1 Å². The van der Waals surface area contributed by atoms with Crippen LogP contribution < -0.4 is 10.6 Å². The molecule has 2 heteroatoms. The van der Waals surface area contributed by atoms with Crippen molar-refractivity contribution in [1.29, 1.82) is 0 Å². The van der Waals surface area contributed by atoms with Crippen molar-refractivity contribution in [2.75, 3.05) is 12.4 Å². The molecule has 1 aliphatic heterocycles. The van der Waals surface area contributed by atoms with Gasteiger partial charge < -0.3 is 10.6 Å². The Morgan fingerprint density at radius 3 is 1.91 bits per heavy atom. The van der Waals surface area contributed by atoms with Crippen molar-refractivity contribution in [2.45, 2.75) is 52.4 Å². The first-order chi connectivity index (χ1) is 10.6. The van der Waals surface area contributed by atoms with Crippen molar-refractivity contribution in [3.8, 4) is 0 Å². The van der Waals surface area contributed by atoms with Gasteiger partial charge in [-0.2, -0.15) is 0 Å². The number of benzene rings is 2. The highest BCUT2D eigenvalue weighted by atomic mass is 15.1. The molecule has 0 aromatic heterocycles. The molecule has 0 fully saturated rings. The summed E-state index contributed by atoms with van der Waals surface area (Å²) in [5.74, 6) is 1.05. The fraction of sp³-hybridized carbons (Fsp3) is 0.429. The molecular weight excluding hydrogens is 280 g/mol. The summed E-state index contributed by atoms with van der Waals surface area (Å²) >= 11 is 0. The van der Waals surface area contributed by atoms with E-state index < -0.39 is 0 Å². The highest BCUT2D eigenvalue weighted by Crippen LogP contribution is 2.39. The first-order valence-electron chi connectivity index (χ1n) is 8.39. The van der Waals surface area contributed by atoms with Gasteiger partial charge in [-0.3, -0.25) is 0 Å². The number of hydrogen-bond donors (Lipinski definition) is 2. The predicted octanol–water partition coefficient (Wildman–Crippen LogP) is 5.38. The molecule has 0 atom stereocenters. The average Bonchev–Trinajstić information content (AvgIpc) is 2.44. The largest absolute Gasteiger partial charge is 0.375 e. The molecule has 1 heterocycles. The predicted molar refractivity (Wildman–Crippen MR) is 102 cm³/mol. The molecule has 0 saturated heterocycles. The van der Waals surface area contributed by atoms with E-state index in [0.29, 0.717) is 0 Å². The van der Waals surface area contributed by atoms with E-state index in [1.165, 1.54) is 33.2 Å². The first-order valence-corrected chi connectivity index (χ1v) is 8.39. The zero-order chi connectivity index (χ0) is 17.0. The fourth-order valence-electron chi connectivity index (χ4n) is 3.10. The van der Waals surface area contributed by atoms with E-state index in [9.17, 15) is 0 Å². The topological polar surface area (TPSA) is 24.1 Å². The van der Waals surface area contributed by atoms with Gasteiger partial charge in [-0.25, -0.2) is 0 Å². The second-order valence-electron chi connectivity index (χ2n) is 8.62. The molecule has 122 valence electrons. The molecule has 3 rings (SSSR count). The summed E-state index contributed by atoms with van der Waals surface area (Å²) in [6, 6.07) is 9.35. The zero-order valence-electron chi connectivity index (χ0n) is 15.4. The normalized spacial score (nSPS) is 14.5. The van der Waals surface area contributed by atoms with E-state index in [2.05, 4.69) is 82.5 Å². The third kappa shape index (κ3) is 2.83. The Morgan fingerprint density at radius 1 is 0.826 bits per heavy atom. The van der Waals surface area contributed by atoms with Crippen LogP contribution in [0.1, 0.15) is 58.2 Å². The Bertz CT molecular complexity index is 794. The van der Waals surface area contributed by atoms with Crippen LogP contribution in [-0.4, -0.2) is 7.05 Å². The second-order valence-corrected chi connectivity index (χ2v) is 8.62. The highest BCUT2D eigenvalue weighted by molar-refractivity contribution is 6.04. The van der Waals surface area contributed by atoms with Crippen LogP contribution in [0.4, 0.5) is 5.69 Å². The van der Waals surface area contributed by atoms with Gasteiger partial charge in [-0.15, -0.1) is 0 Å². The maximum Gasteiger partial charge on any atom is 0.103 e. The van der Waals surface area contributed by atoms with E-state index in [-0.39, 0.29) is 10.8 Å². The van der Waals surface area contributed by atoms with Gasteiger partial charge in [-0.05, 0) is 45.0 Å². The minimum Gasteiger partial charge on any atom is -0.375 e. The van der Waals surface area contributed by atoms with Crippen LogP contribution >= 0.6 is 0 Å². The zero-order valence-corrected chi connectivity index (χ0v) is 15.4. The van der Waals surface area contributed by atoms with Gasteiger partial charge in [0.1, 0.15) is 5.82 Å². The van der Waals surface area contributed by atoms with E-state index in [1.807, 2.05) is 7.05 Å². The van der Waals surface area contributed by atoms with E-state index in [4.69, 9.17) is 0 Å². The van der Waals surface area contributed by atoms with Crippen LogP contribution in [0.2, 0.25) is 0 Å². The molecule has 2 aromatic rings. The molecule has 0 unspecified atom stereocenters. The van der Waals surface area contributed by atoms with Crippen molar-refractivity contribution in [3.05, 3.63) is 46.8 Å². The van der Waals surface area contributed by atoms with Crippen molar-refractivity contribution in [2.24, 2.45) is 0 Å². The van der Waals surface area contributed by atoms with E-state index in [0.717, 1.165) is 5.82 Å². The Morgan fingerprint density at radius 2 is 1.39 bits per heavy atom. The van der Waals surface area contributed by atoms with Gasteiger partial charge in [0.15, 0.2) is 0 Å². The summed E-state index contributed by atoms with van der Waals surface area (Å²) in [6.07, 6.45) is 2.21. The third-order valence-electron chi connectivity index (χ3n) is 4.65. The Hall–Kier alpha value is -1.96. The molecule has 0 saturated carbocycles. The monoisotopic (exact) mass is 308 g/mol. The standard InChI is InChI=1S/C21H28N2/c1-20(2,3)15-8-13-9-16(21(4,5)6)12-17-19(13)14(10-15)11-18(22-7)23-17/h8-12,22-23H,1-7H3. The van der Waals surface area contributed by atoms with Crippen LogP contribution in [0.5, 0.6) is 0 Å². The van der Waals surface area contributed by atoms with Gasteiger partial charge in [0.05, 0.1) is 0 Å². The number of nitrogens with one attached hydrogen (secondary N) is 2. The lowest BCUT2D eigenvalue weighted by atomic mass is 9.81. The fourth-order valence-corrected chi connectivity index (χ4v) is 3.10. The van der Waals surface area contributed by atoms with Gasteiger partial charge >= 0.3 is 0 Å². The van der Waals surface area contributed by atoms with Gasteiger partial charge in [0.2, 0.25) is 0 Å². The van der Waals surface area contributed by atoms with Crippen molar-refractivity contribution in [3.63, 3.8) is 0 Å². The summed E-state index contributed by atoms with van der Waals surface area (Å²) in [7, 11) is 1.96. The summed E-state index contributed by atoms with van der Waals surface area (Å²) in [4.78, 5) is 0. The van der Waals surface area contributed by atoms with Crippen LogP contribution in [0.25, 0.3) is 16.8 Å². The minimum absolute atomic E-state index is 0.130. The lowest BCUT2D eigenvalue weighted by Crippen LogP contribution is -2.19. The van der Waals surface area contributed by atoms with E-state index in [1.54, 1.807) is 0 Å². The Kier molecular flexibility index (Phi) is 3.47. The lowest BCUT2D eigenvalue weighted by Gasteiger charge is -2.27. The Labute approximate surface area is 140 Å². The second kappa shape index (κ2) is 5.02. The molecule has 0 amide bonds. The van der Waals surface area contributed by atoms with Crippen molar-refractivity contribution >= 4 is 22.5 Å². The maximum atomic E-state index is 3.53. The van der Waals surface area contributed by atoms with E-state index >= 15 is 0 Å². The highest BCUT2D eigenvalue weighted by Gasteiger charge is 2.22. The summed E-state index contributed by atoms with van der Waals surface area (Å²) in [5.41, 5.74) is 5.51. The molecule has 2 nitrogen and oxygen atoms in total. The smallest absolute Gasteiger partial charge is 0.103 e. The van der Waals surface area contributed by atoms with Gasteiger partial charge in [0, 0.05) is 18.1 Å². The molecular formula is C21H28N2. The van der Waals surface area contributed by atoms with Gasteiger partial charge in [0.25, 0.3) is 0 Å². The lowest BCUT2D eigenvalue weighted by molar-refractivity contribution is 0.589.